The van der Waals surface area contributed by atoms with Crippen LogP contribution in [0.25, 0.3) is 102 Å². The molecule has 110 heavy (non-hydrogen) atoms. The molecule has 12 nitrogen and oxygen atoms in total. The fraction of sp³-hybridized carbons (Fsp3) is 0.143. The molecule has 0 saturated carbocycles. The Morgan fingerprint density at radius 3 is 1.03 bits per heavy atom. The molecular formula is C98H84N6O6. The van der Waals surface area contributed by atoms with Crippen molar-refractivity contribution in [1.82, 2.24) is 29.9 Å². The highest BCUT2D eigenvalue weighted by Crippen LogP contribution is 2.40. The average Bonchev–Trinajstić information content (AvgIpc) is 1.64. The minimum absolute atomic E-state index is 0.367. The van der Waals surface area contributed by atoms with E-state index >= 15 is 0 Å². The number of carbonyl (C=O) groups is 3. The number of aromatic amines is 3. The predicted molar refractivity (Wildman–Crippen MR) is 441 cm³/mol. The van der Waals surface area contributed by atoms with E-state index in [1.54, 1.807) is 57.7 Å². The minimum atomic E-state index is -0.508. The Bertz CT molecular complexity index is 5530. The number of aromatic nitrogens is 6. The lowest BCUT2D eigenvalue weighted by atomic mass is 9.91. The van der Waals surface area contributed by atoms with Crippen molar-refractivity contribution < 1.29 is 28.6 Å². The number of methoxy groups -OCH3 is 3. The molecule has 23 rings (SSSR count). The lowest BCUT2D eigenvalue weighted by Gasteiger charge is -2.15. The number of H-pyrrole nitrogens is 3. The van der Waals surface area contributed by atoms with Crippen molar-refractivity contribution in [2.45, 2.75) is 71.1 Å². The van der Waals surface area contributed by atoms with Crippen LogP contribution in [0, 0.1) is 6.92 Å². The lowest BCUT2D eigenvalue weighted by molar-refractivity contribution is 0.0817. The predicted octanol–water partition coefficient (Wildman–Crippen LogP) is 22.0. The molecule has 0 amide bonds. The molecule has 8 bridgehead atoms. The second-order valence-corrected chi connectivity index (χ2v) is 27.9. The first kappa shape index (κ1) is 72.3. The number of rotatable bonds is 16. The van der Waals surface area contributed by atoms with E-state index in [2.05, 4.69) is 221 Å². The number of carbonyl (C=O) groups excluding carboxylic acids is 3. The van der Waals surface area contributed by atoms with Crippen LogP contribution in [0.15, 0.2) is 291 Å². The maximum atomic E-state index is 12.0. The van der Waals surface area contributed by atoms with Crippen LogP contribution in [0.3, 0.4) is 0 Å². The van der Waals surface area contributed by atoms with Crippen molar-refractivity contribution in [3.63, 3.8) is 0 Å². The van der Waals surface area contributed by atoms with Gasteiger partial charge in [-0.15, -0.1) is 0 Å². The molecule has 8 aliphatic rings. The number of hydrogen-bond acceptors (Lipinski definition) is 9. The maximum absolute atomic E-state index is 12.0. The summed E-state index contributed by atoms with van der Waals surface area (Å²) in [7, 11) is 4.94. The van der Waals surface area contributed by atoms with Crippen LogP contribution < -0.4 is 14.2 Å². The Morgan fingerprint density at radius 1 is 0.318 bits per heavy atom. The third kappa shape index (κ3) is 16.5. The molecule has 0 saturated heterocycles. The quantitative estimate of drug-likeness (QED) is 0.0485. The summed E-state index contributed by atoms with van der Waals surface area (Å²) >= 11 is 0. The van der Waals surface area contributed by atoms with Gasteiger partial charge in [-0.05, 0) is 213 Å². The number of ether oxygens (including phenoxy) is 3. The first-order chi connectivity index (χ1) is 54.0. The zero-order chi connectivity index (χ0) is 75.3. The van der Waals surface area contributed by atoms with Gasteiger partial charge in [-0.25, -0.2) is 15.0 Å². The Balaban J connectivity index is 0.000000150. The molecule has 8 aliphatic carbocycles. The molecular weight excluding hydrogens is 1360 g/mol. The monoisotopic (exact) mass is 1440 g/mol. The van der Waals surface area contributed by atoms with Gasteiger partial charge in [0.1, 0.15) is 41.0 Å². The van der Waals surface area contributed by atoms with Gasteiger partial charge < -0.3 is 29.2 Å². The van der Waals surface area contributed by atoms with Gasteiger partial charge in [0.05, 0.1) is 55.5 Å². The minimum Gasteiger partial charge on any atom is -0.497 e. The molecule has 0 fully saturated rings. The largest absolute Gasteiger partial charge is 0.497 e. The van der Waals surface area contributed by atoms with Crippen molar-refractivity contribution in [2.75, 3.05) is 21.3 Å². The smallest absolute Gasteiger partial charge is 0.233 e. The van der Waals surface area contributed by atoms with Crippen LogP contribution in [-0.4, -0.2) is 69.1 Å². The third-order valence-corrected chi connectivity index (χ3v) is 20.8. The SMILES string of the molecule is COc1ccc(-c2nc(-c3cc4ccc3CCCc3ccc(cc3-c3nc(-c5ccccc5)c(-c5ccccc5)[nH]3)CCC4)[nH]c2-c2ccc(OC)cc2)cc1.COc1ccc(C(=O)C(=O)c2ccc(C)cc2)cc1.O=Cc1cc2ccc1CCc1ccc(cc1-c1nc(-c3ccccc3)c(-c3ccccc3)[nH]1)CC2. The van der Waals surface area contributed by atoms with Gasteiger partial charge in [-0.1, -0.05) is 200 Å². The molecule has 3 aromatic heterocycles. The number of benzene rings is 12. The van der Waals surface area contributed by atoms with Crippen molar-refractivity contribution in [3.8, 4) is 119 Å². The van der Waals surface area contributed by atoms with Gasteiger partial charge in [0.25, 0.3) is 0 Å². The van der Waals surface area contributed by atoms with Crippen LogP contribution in [0.5, 0.6) is 17.2 Å². The van der Waals surface area contributed by atoms with Crippen molar-refractivity contribution in [3.05, 3.63) is 358 Å². The highest BCUT2D eigenvalue weighted by atomic mass is 16.5. The van der Waals surface area contributed by atoms with Crippen LogP contribution in [0.1, 0.15) is 94.0 Å². The number of imidazole rings is 3. The summed E-state index contributed by atoms with van der Waals surface area (Å²) in [6.07, 6.45) is 10.3. The third-order valence-electron chi connectivity index (χ3n) is 20.8. The molecule has 3 N–H and O–H groups in total. The van der Waals surface area contributed by atoms with Crippen molar-refractivity contribution >= 4 is 17.9 Å². The van der Waals surface area contributed by atoms with E-state index in [0.717, 1.165) is 195 Å². The summed E-state index contributed by atoms with van der Waals surface area (Å²) < 4.78 is 16.0. The summed E-state index contributed by atoms with van der Waals surface area (Å²) in [6, 6.07) is 98.8. The van der Waals surface area contributed by atoms with Crippen molar-refractivity contribution in [1.29, 1.82) is 0 Å². The first-order valence-electron chi connectivity index (χ1n) is 37.6. The topological polar surface area (TPSA) is 165 Å². The molecule has 12 aromatic carbocycles. The van der Waals surface area contributed by atoms with E-state index in [0.29, 0.717) is 16.9 Å². The highest BCUT2D eigenvalue weighted by molar-refractivity contribution is 6.49. The summed E-state index contributed by atoms with van der Waals surface area (Å²) in [5.74, 6) is 3.98. The Labute approximate surface area is 642 Å². The van der Waals surface area contributed by atoms with E-state index < -0.39 is 11.6 Å². The van der Waals surface area contributed by atoms with E-state index in [1.165, 1.54) is 44.5 Å². The van der Waals surface area contributed by atoms with Gasteiger partial charge in [-0.2, -0.15) is 0 Å². The second-order valence-electron chi connectivity index (χ2n) is 27.9. The van der Waals surface area contributed by atoms with Crippen molar-refractivity contribution in [2.24, 2.45) is 0 Å². The number of ketones is 2. The van der Waals surface area contributed by atoms with E-state index in [4.69, 9.17) is 29.2 Å². The Morgan fingerprint density at radius 2 is 0.627 bits per heavy atom. The van der Waals surface area contributed by atoms with Gasteiger partial charge in [0.2, 0.25) is 11.6 Å². The van der Waals surface area contributed by atoms with Gasteiger partial charge in [-0.3, -0.25) is 14.4 Å². The van der Waals surface area contributed by atoms with Gasteiger partial charge >= 0.3 is 0 Å². The lowest BCUT2D eigenvalue weighted by Crippen LogP contribution is -2.14. The summed E-state index contributed by atoms with van der Waals surface area (Å²) in [6.45, 7) is 1.93. The molecule has 0 spiro atoms. The second kappa shape index (κ2) is 33.6. The maximum Gasteiger partial charge on any atom is 0.233 e. The summed E-state index contributed by atoms with van der Waals surface area (Å²) in [5, 5.41) is 0. The highest BCUT2D eigenvalue weighted by Gasteiger charge is 2.24. The number of Topliss-reactive ketones (excluding diaryl/α,β-unsaturated/α-hetero) is 2. The van der Waals surface area contributed by atoms with Gasteiger partial charge in [0.15, 0.2) is 0 Å². The molecule has 542 valence electrons. The number of nitrogens with one attached hydrogen (secondary N) is 3. The van der Waals surface area contributed by atoms with Crippen LogP contribution in [0.4, 0.5) is 0 Å². The number of nitrogens with zero attached hydrogens (tertiary/aromatic N) is 3. The summed E-state index contributed by atoms with van der Waals surface area (Å²) in [4.78, 5) is 62.9. The fourth-order valence-corrected chi connectivity index (χ4v) is 14.7. The Hall–Kier alpha value is -13.3. The number of aldehydes is 1. The average molecular weight is 1440 g/mol. The van der Waals surface area contributed by atoms with Crippen LogP contribution >= 0.6 is 0 Å². The summed E-state index contributed by atoms with van der Waals surface area (Å²) in [5.41, 5.74) is 28.6. The zero-order valence-corrected chi connectivity index (χ0v) is 62.2. The molecule has 3 heterocycles. The molecule has 12 heteroatoms. The van der Waals surface area contributed by atoms with E-state index in [-0.39, 0.29) is 0 Å². The van der Waals surface area contributed by atoms with Gasteiger partial charge in [0, 0.05) is 66.8 Å². The standard InChI is InChI=1S/C50H44N4O2.C32H26N2O.C16H14O3/c1-55-41-27-23-39(24-28-41)47-48(40-25-29-42(56-2)30-26-40)54-50(53-47)44-32-34-12-9-11-33-19-21-35(17-10-18-36(44)22-20-34)43(31-33)49-51-45(37-13-5-3-6-14-37)46(52-49)38-15-7-4-8-16-38;35-21-28-19-22-11-12-23-14-16-25(18-17-24(28)15-13-22)29(20-23)32-33-30(26-7-3-1-4-8-26)31(34-32)27-9-5-2-6-10-27;1-11-3-5-12(6-4-11)15(17)16(18)13-7-9-14(19-2)10-8-13/h3-8,13-16,19-32H,9-12,17-18H2,1-2H3,(H,51,52)(H,53,54);1-10,13-16,19-21H,11-12,17-18H2,(H,33,34);3-10H,1-2H3. The van der Waals surface area contributed by atoms with Crippen LogP contribution in [0.2, 0.25) is 0 Å². The van der Waals surface area contributed by atoms with E-state index in [9.17, 15) is 14.4 Å². The molecule has 0 radical (unpaired) electrons. The molecule has 15 aromatic rings. The number of aryl methyl sites for hydroxylation is 9. The molecule has 0 unspecified atom stereocenters. The normalized spacial score (nSPS) is 12.3. The van der Waals surface area contributed by atoms with E-state index in [1.807, 2.05) is 55.5 Å². The fourth-order valence-electron chi connectivity index (χ4n) is 14.7. The molecule has 0 atom stereocenters. The Kier molecular flexibility index (Phi) is 22.1. The number of hydrogen-bond donors (Lipinski definition) is 3. The zero-order valence-electron chi connectivity index (χ0n) is 62.2. The van der Waals surface area contributed by atoms with Crippen LogP contribution in [-0.2, 0) is 51.4 Å². The first-order valence-corrected chi connectivity index (χ1v) is 37.6. The molecule has 0 aliphatic heterocycles.